The van der Waals surface area contributed by atoms with Crippen LogP contribution in [0.2, 0.25) is 0 Å². The van der Waals surface area contributed by atoms with Crippen LogP contribution in [0.5, 0.6) is 0 Å². The van der Waals surface area contributed by atoms with Crippen LogP contribution in [0.1, 0.15) is 41.3 Å². The molecule has 0 saturated heterocycles. The molecule has 2 aromatic heterocycles. The molecule has 0 bridgehead atoms. The van der Waals surface area contributed by atoms with Gasteiger partial charge in [-0.15, -0.1) is 22.7 Å². The molecule has 0 fully saturated rings. The maximum absolute atomic E-state index is 4.37. The van der Waals surface area contributed by atoms with E-state index in [9.17, 15) is 0 Å². The van der Waals surface area contributed by atoms with Gasteiger partial charge in [-0.05, 0) is 44.2 Å². The van der Waals surface area contributed by atoms with E-state index in [1.54, 1.807) is 11.3 Å². The first-order chi connectivity index (χ1) is 8.81. The molecular formula is C14H20N2S2. The minimum absolute atomic E-state index is 0.458. The lowest BCUT2D eigenvalue weighted by atomic mass is 10.1. The molecule has 2 rings (SSSR count). The Morgan fingerprint density at radius 2 is 2.28 bits per heavy atom. The van der Waals surface area contributed by atoms with Crippen LogP contribution in [0.25, 0.3) is 0 Å². The topological polar surface area (TPSA) is 24.9 Å². The smallest absolute Gasteiger partial charge is 0.0798 e. The van der Waals surface area contributed by atoms with Crippen molar-refractivity contribution in [1.29, 1.82) is 0 Å². The SMILES string of the molecule is CCCNC(CCc1cccs1)c1scnc1C. The number of rotatable bonds is 7. The Labute approximate surface area is 117 Å². The average Bonchev–Trinajstić information content (AvgIpc) is 3.01. The maximum atomic E-state index is 4.37. The van der Waals surface area contributed by atoms with Crippen molar-refractivity contribution in [3.8, 4) is 0 Å². The molecule has 4 heteroatoms. The van der Waals surface area contributed by atoms with Crippen LogP contribution in [0, 0.1) is 6.92 Å². The Kier molecular flexibility index (Phi) is 5.35. The van der Waals surface area contributed by atoms with E-state index in [4.69, 9.17) is 0 Å². The lowest BCUT2D eigenvalue weighted by Crippen LogP contribution is -2.22. The van der Waals surface area contributed by atoms with Crippen molar-refractivity contribution in [3.63, 3.8) is 0 Å². The third-order valence-corrected chi connectivity index (χ3v) is 4.98. The second kappa shape index (κ2) is 7.02. The summed E-state index contributed by atoms with van der Waals surface area (Å²) in [6.45, 7) is 5.40. The van der Waals surface area contributed by atoms with E-state index < -0.39 is 0 Å². The molecule has 98 valence electrons. The normalized spacial score (nSPS) is 12.8. The number of thiophene rings is 1. The lowest BCUT2D eigenvalue weighted by molar-refractivity contribution is 0.505. The van der Waals surface area contributed by atoms with Gasteiger partial charge in [0.25, 0.3) is 0 Å². The van der Waals surface area contributed by atoms with Crippen LogP contribution < -0.4 is 5.32 Å². The summed E-state index contributed by atoms with van der Waals surface area (Å²) in [5.41, 5.74) is 3.14. The van der Waals surface area contributed by atoms with Gasteiger partial charge in [-0.1, -0.05) is 13.0 Å². The second-order valence-electron chi connectivity index (χ2n) is 4.43. The van der Waals surface area contributed by atoms with E-state index in [1.807, 2.05) is 16.8 Å². The summed E-state index contributed by atoms with van der Waals surface area (Å²) in [7, 11) is 0. The Bertz CT molecular complexity index is 448. The molecule has 0 aliphatic heterocycles. The molecule has 0 aliphatic carbocycles. The molecule has 0 aliphatic rings. The molecule has 2 aromatic rings. The van der Waals surface area contributed by atoms with Gasteiger partial charge in [0.05, 0.1) is 11.2 Å². The van der Waals surface area contributed by atoms with Crippen molar-refractivity contribution in [2.24, 2.45) is 0 Å². The summed E-state index contributed by atoms with van der Waals surface area (Å²) in [4.78, 5) is 7.25. The second-order valence-corrected chi connectivity index (χ2v) is 6.35. The molecule has 0 saturated carbocycles. The number of thiazole rings is 1. The fourth-order valence-electron chi connectivity index (χ4n) is 2.03. The molecule has 1 N–H and O–H groups in total. The minimum Gasteiger partial charge on any atom is -0.309 e. The van der Waals surface area contributed by atoms with E-state index in [0.717, 1.165) is 19.4 Å². The van der Waals surface area contributed by atoms with E-state index >= 15 is 0 Å². The van der Waals surface area contributed by atoms with E-state index in [1.165, 1.54) is 21.9 Å². The van der Waals surface area contributed by atoms with Crippen molar-refractivity contribution >= 4 is 22.7 Å². The Morgan fingerprint density at radius 3 is 2.89 bits per heavy atom. The zero-order valence-corrected chi connectivity index (χ0v) is 12.6. The third kappa shape index (κ3) is 3.64. The van der Waals surface area contributed by atoms with Crippen LogP contribution >= 0.6 is 22.7 Å². The van der Waals surface area contributed by atoms with E-state index in [0.29, 0.717) is 6.04 Å². The fourth-order valence-corrected chi connectivity index (χ4v) is 3.67. The molecular weight excluding hydrogens is 260 g/mol. The molecule has 0 aromatic carbocycles. The Morgan fingerprint density at radius 1 is 1.39 bits per heavy atom. The summed E-state index contributed by atoms with van der Waals surface area (Å²) in [6.07, 6.45) is 3.48. The van der Waals surface area contributed by atoms with Gasteiger partial charge in [-0.3, -0.25) is 0 Å². The van der Waals surface area contributed by atoms with Gasteiger partial charge >= 0.3 is 0 Å². The highest BCUT2D eigenvalue weighted by Gasteiger charge is 2.15. The highest BCUT2D eigenvalue weighted by atomic mass is 32.1. The van der Waals surface area contributed by atoms with Gasteiger partial charge in [0, 0.05) is 15.8 Å². The van der Waals surface area contributed by atoms with Crippen molar-refractivity contribution < 1.29 is 0 Å². The molecule has 0 amide bonds. The number of aryl methyl sites for hydroxylation is 2. The van der Waals surface area contributed by atoms with Crippen LogP contribution in [-0.4, -0.2) is 11.5 Å². The molecule has 2 nitrogen and oxygen atoms in total. The number of nitrogens with one attached hydrogen (secondary N) is 1. The monoisotopic (exact) mass is 280 g/mol. The maximum Gasteiger partial charge on any atom is 0.0798 e. The number of aromatic nitrogens is 1. The zero-order valence-electron chi connectivity index (χ0n) is 11.0. The van der Waals surface area contributed by atoms with Gasteiger partial charge < -0.3 is 5.32 Å². The summed E-state index contributed by atoms with van der Waals surface area (Å²) in [6, 6.07) is 4.81. The van der Waals surface area contributed by atoms with Crippen LogP contribution in [0.3, 0.4) is 0 Å². The Balaban J connectivity index is 1.99. The van der Waals surface area contributed by atoms with Crippen molar-refractivity contribution in [2.75, 3.05) is 6.54 Å². The first kappa shape index (κ1) is 13.7. The van der Waals surface area contributed by atoms with E-state index in [-0.39, 0.29) is 0 Å². The number of hydrogen-bond donors (Lipinski definition) is 1. The highest BCUT2D eigenvalue weighted by Crippen LogP contribution is 2.26. The van der Waals surface area contributed by atoms with Crippen molar-refractivity contribution in [2.45, 2.75) is 39.2 Å². The summed E-state index contributed by atoms with van der Waals surface area (Å²) in [5.74, 6) is 0. The Hall–Kier alpha value is -0.710. The largest absolute Gasteiger partial charge is 0.309 e. The molecule has 0 spiro atoms. The quantitative estimate of drug-likeness (QED) is 0.822. The third-order valence-electron chi connectivity index (χ3n) is 3.00. The first-order valence-electron chi connectivity index (χ1n) is 6.47. The van der Waals surface area contributed by atoms with Gasteiger partial charge in [0.1, 0.15) is 0 Å². The lowest BCUT2D eigenvalue weighted by Gasteiger charge is -2.17. The minimum atomic E-state index is 0.458. The fraction of sp³-hybridized carbons (Fsp3) is 0.500. The zero-order chi connectivity index (χ0) is 12.8. The predicted molar refractivity (Wildman–Crippen MR) is 80.5 cm³/mol. The average molecular weight is 280 g/mol. The molecule has 18 heavy (non-hydrogen) atoms. The first-order valence-corrected chi connectivity index (χ1v) is 8.23. The van der Waals surface area contributed by atoms with Crippen LogP contribution in [0.15, 0.2) is 23.0 Å². The van der Waals surface area contributed by atoms with E-state index in [2.05, 4.69) is 41.7 Å². The van der Waals surface area contributed by atoms with Gasteiger partial charge in [0.15, 0.2) is 0 Å². The summed E-state index contributed by atoms with van der Waals surface area (Å²) in [5, 5.41) is 5.80. The summed E-state index contributed by atoms with van der Waals surface area (Å²) < 4.78 is 0. The standard InChI is InChI=1S/C14H20N2S2/c1-3-8-15-13(14-11(2)16-10-18-14)7-6-12-5-4-9-17-12/h4-5,9-10,13,15H,3,6-8H2,1-2H3. The highest BCUT2D eigenvalue weighted by molar-refractivity contribution is 7.10. The molecule has 1 unspecified atom stereocenters. The van der Waals surface area contributed by atoms with Crippen LogP contribution in [0.4, 0.5) is 0 Å². The summed E-state index contributed by atoms with van der Waals surface area (Å²) >= 11 is 3.63. The van der Waals surface area contributed by atoms with Gasteiger partial charge in [0.2, 0.25) is 0 Å². The van der Waals surface area contributed by atoms with Crippen molar-refractivity contribution in [1.82, 2.24) is 10.3 Å². The van der Waals surface area contributed by atoms with Gasteiger partial charge in [-0.25, -0.2) is 4.98 Å². The number of nitrogens with zero attached hydrogens (tertiary/aromatic N) is 1. The number of hydrogen-bond acceptors (Lipinski definition) is 4. The van der Waals surface area contributed by atoms with Gasteiger partial charge in [-0.2, -0.15) is 0 Å². The molecule has 2 heterocycles. The molecule has 0 radical (unpaired) electrons. The van der Waals surface area contributed by atoms with Crippen molar-refractivity contribution in [3.05, 3.63) is 38.5 Å². The predicted octanol–water partition coefficient (Wildman–Crippen LogP) is 4.19. The molecule has 1 atom stereocenters. The van der Waals surface area contributed by atoms with Crippen LogP contribution in [-0.2, 0) is 6.42 Å².